The zero-order valence-electron chi connectivity index (χ0n) is 29.8. The third kappa shape index (κ3) is 10.1. The van der Waals surface area contributed by atoms with Gasteiger partial charge in [-0.05, 0) is 71.8 Å². The van der Waals surface area contributed by atoms with E-state index in [9.17, 15) is 14.7 Å². The number of amides is 2. The Morgan fingerprint density at radius 2 is 1.65 bits per heavy atom. The molecule has 52 heavy (non-hydrogen) atoms. The summed E-state index contributed by atoms with van der Waals surface area (Å²) < 4.78 is 18.7. The lowest BCUT2D eigenvalue weighted by atomic mass is 9.98. The van der Waals surface area contributed by atoms with Crippen molar-refractivity contribution >= 4 is 23.2 Å². The number of carbonyl (C=O) groups is 2. The Morgan fingerprint density at radius 3 is 2.42 bits per heavy atom. The van der Waals surface area contributed by atoms with Gasteiger partial charge >= 0.3 is 0 Å². The number of nitrogens with zero attached hydrogens (tertiary/aromatic N) is 1. The van der Waals surface area contributed by atoms with Gasteiger partial charge in [-0.25, -0.2) is 0 Å². The first-order valence-electron chi connectivity index (χ1n) is 18.2. The van der Waals surface area contributed by atoms with Crippen molar-refractivity contribution in [2.45, 2.75) is 76.2 Å². The lowest BCUT2D eigenvalue weighted by Crippen LogP contribution is -2.42. The SMILES string of the molecule is COC[C@@H]1CCCN1C[C@@H]1C[C@H](c2ccc(CO)cc2)O[C@H](c2ccc(-c3cccc(CNC(=O)CCCC(=O)Nc4ccccc4N)c3)cc2)O1. The van der Waals surface area contributed by atoms with Gasteiger partial charge in [0, 0.05) is 51.1 Å². The summed E-state index contributed by atoms with van der Waals surface area (Å²) in [5, 5.41) is 15.3. The molecule has 0 bridgehead atoms. The normalized spacial score (nSPS) is 20.4. The molecular formula is C42H50N4O6. The average molecular weight is 707 g/mol. The largest absolute Gasteiger partial charge is 0.397 e. The van der Waals surface area contributed by atoms with E-state index < -0.39 is 6.29 Å². The summed E-state index contributed by atoms with van der Waals surface area (Å²) >= 11 is 0. The van der Waals surface area contributed by atoms with Gasteiger partial charge in [0.25, 0.3) is 0 Å². The topological polar surface area (TPSA) is 135 Å². The average Bonchev–Trinajstić information content (AvgIpc) is 3.61. The predicted octanol–water partition coefficient (Wildman–Crippen LogP) is 6.51. The van der Waals surface area contributed by atoms with Crippen LogP contribution < -0.4 is 16.4 Å². The van der Waals surface area contributed by atoms with Crippen molar-refractivity contribution in [1.29, 1.82) is 0 Å². The highest BCUT2D eigenvalue weighted by atomic mass is 16.7. The standard InChI is InChI=1S/C42H50N4O6/c1-50-28-35-9-6-22-46(35)26-36-24-39(32-16-14-29(27-47)15-17-32)52-42(51-36)33-20-18-31(19-21-33)34-8-4-7-30(23-34)25-44-40(48)12-5-13-41(49)45-38-11-3-2-10-37(38)43/h2-4,7-8,10-11,14-21,23,35-36,39,42,47H,5-6,9,12-13,22,24-28,43H2,1H3,(H,44,48)(H,45,49)/t35-,36-,39+,42+/m0/s1. The molecule has 10 heteroatoms. The minimum absolute atomic E-state index is 0.00783. The number of ether oxygens (including phenoxy) is 3. The summed E-state index contributed by atoms with van der Waals surface area (Å²) in [6, 6.07) is 31.9. The number of rotatable bonds is 15. The third-order valence-electron chi connectivity index (χ3n) is 9.89. The Morgan fingerprint density at radius 1 is 0.885 bits per heavy atom. The predicted molar refractivity (Wildman–Crippen MR) is 202 cm³/mol. The fraction of sp³-hybridized carbons (Fsp3) is 0.381. The number of hydrogen-bond donors (Lipinski definition) is 4. The van der Waals surface area contributed by atoms with Gasteiger partial charge in [-0.3, -0.25) is 14.5 Å². The van der Waals surface area contributed by atoms with Crippen LogP contribution in [0.25, 0.3) is 11.1 Å². The summed E-state index contributed by atoms with van der Waals surface area (Å²) in [5.74, 6) is -0.272. The molecule has 0 aromatic heterocycles. The molecule has 10 nitrogen and oxygen atoms in total. The van der Waals surface area contributed by atoms with Gasteiger partial charge < -0.3 is 35.7 Å². The van der Waals surface area contributed by atoms with E-state index in [4.69, 9.17) is 19.9 Å². The van der Waals surface area contributed by atoms with Crippen LogP contribution in [0.3, 0.4) is 0 Å². The van der Waals surface area contributed by atoms with E-state index in [0.29, 0.717) is 30.4 Å². The number of nitrogens with one attached hydrogen (secondary N) is 2. The van der Waals surface area contributed by atoms with Crippen molar-refractivity contribution in [1.82, 2.24) is 10.2 Å². The second-order valence-electron chi connectivity index (χ2n) is 13.7. The van der Waals surface area contributed by atoms with Crippen LogP contribution >= 0.6 is 0 Å². The maximum atomic E-state index is 12.6. The highest BCUT2D eigenvalue weighted by molar-refractivity contribution is 5.94. The van der Waals surface area contributed by atoms with Crippen LogP contribution in [-0.2, 0) is 37.0 Å². The minimum atomic E-state index is -0.525. The first kappa shape index (κ1) is 37.2. The van der Waals surface area contributed by atoms with Gasteiger partial charge in [-0.1, -0.05) is 78.9 Å². The van der Waals surface area contributed by atoms with Gasteiger partial charge in [-0.2, -0.15) is 0 Å². The number of para-hydroxylation sites is 2. The van der Waals surface area contributed by atoms with E-state index in [2.05, 4.69) is 51.9 Å². The number of anilines is 2. The Bertz CT molecular complexity index is 1770. The monoisotopic (exact) mass is 706 g/mol. The Labute approximate surface area is 306 Å². The van der Waals surface area contributed by atoms with Crippen molar-refractivity contribution in [2.24, 2.45) is 0 Å². The van der Waals surface area contributed by atoms with E-state index in [-0.39, 0.29) is 43.5 Å². The van der Waals surface area contributed by atoms with Crippen molar-refractivity contribution in [2.75, 3.05) is 37.9 Å². The second-order valence-corrected chi connectivity index (χ2v) is 13.7. The second kappa shape index (κ2) is 18.3. The third-order valence-corrected chi connectivity index (χ3v) is 9.89. The van der Waals surface area contributed by atoms with Crippen molar-refractivity contribution < 1.29 is 28.9 Å². The molecule has 4 aromatic carbocycles. The molecule has 2 fully saturated rings. The smallest absolute Gasteiger partial charge is 0.224 e. The van der Waals surface area contributed by atoms with Crippen LogP contribution in [0.15, 0.2) is 97.1 Å². The number of benzene rings is 4. The molecule has 4 aromatic rings. The van der Waals surface area contributed by atoms with E-state index in [0.717, 1.165) is 72.3 Å². The summed E-state index contributed by atoms with van der Waals surface area (Å²) in [5.41, 5.74) is 12.9. The molecular weight excluding hydrogens is 656 g/mol. The number of nitrogens with two attached hydrogens (primary N) is 1. The molecule has 2 aliphatic heterocycles. The quantitative estimate of drug-likeness (QED) is 0.103. The lowest BCUT2D eigenvalue weighted by molar-refractivity contribution is -0.253. The van der Waals surface area contributed by atoms with E-state index >= 15 is 0 Å². The number of methoxy groups -OCH3 is 1. The molecule has 2 aliphatic rings. The molecule has 0 aliphatic carbocycles. The maximum absolute atomic E-state index is 12.6. The fourth-order valence-electron chi connectivity index (χ4n) is 7.03. The number of hydrogen-bond acceptors (Lipinski definition) is 8. The molecule has 0 radical (unpaired) electrons. The van der Waals surface area contributed by atoms with Crippen LogP contribution in [0.1, 0.15) is 73.2 Å². The zero-order chi connectivity index (χ0) is 36.3. The number of likely N-dealkylation sites (tertiary alicyclic amines) is 1. The van der Waals surface area contributed by atoms with Crippen LogP contribution in [0, 0.1) is 0 Å². The maximum Gasteiger partial charge on any atom is 0.224 e. The molecule has 0 spiro atoms. The number of aliphatic hydroxyl groups excluding tert-OH is 1. The summed E-state index contributed by atoms with van der Waals surface area (Å²) in [4.78, 5) is 27.3. The van der Waals surface area contributed by atoms with Gasteiger partial charge in [-0.15, -0.1) is 0 Å². The van der Waals surface area contributed by atoms with Crippen LogP contribution in [-0.4, -0.2) is 60.8 Å². The molecule has 0 saturated carbocycles. The summed E-state index contributed by atoms with van der Waals surface area (Å²) in [6.45, 7) is 2.98. The molecule has 5 N–H and O–H groups in total. The van der Waals surface area contributed by atoms with Crippen LogP contribution in [0.2, 0.25) is 0 Å². The highest BCUT2D eigenvalue weighted by Crippen LogP contribution is 2.39. The van der Waals surface area contributed by atoms with Gasteiger partial charge in [0.1, 0.15) is 0 Å². The molecule has 2 heterocycles. The van der Waals surface area contributed by atoms with E-state index in [1.54, 1.807) is 19.2 Å². The fourth-order valence-corrected chi connectivity index (χ4v) is 7.03. The Balaban J connectivity index is 1.05. The molecule has 6 rings (SSSR count). The minimum Gasteiger partial charge on any atom is -0.397 e. The van der Waals surface area contributed by atoms with E-state index in [1.807, 2.05) is 48.5 Å². The summed E-state index contributed by atoms with van der Waals surface area (Å²) in [7, 11) is 1.76. The van der Waals surface area contributed by atoms with Gasteiger partial charge in [0.2, 0.25) is 11.8 Å². The van der Waals surface area contributed by atoms with E-state index in [1.165, 1.54) is 0 Å². The molecule has 274 valence electrons. The molecule has 4 atom stereocenters. The molecule has 2 amide bonds. The molecule has 2 saturated heterocycles. The van der Waals surface area contributed by atoms with Crippen LogP contribution in [0.5, 0.6) is 0 Å². The first-order valence-corrected chi connectivity index (χ1v) is 18.2. The lowest BCUT2D eigenvalue weighted by Gasteiger charge is -2.38. The zero-order valence-corrected chi connectivity index (χ0v) is 29.8. The van der Waals surface area contributed by atoms with Crippen molar-refractivity contribution in [3.63, 3.8) is 0 Å². The van der Waals surface area contributed by atoms with Gasteiger partial charge in [0.15, 0.2) is 6.29 Å². The number of aliphatic hydroxyl groups is 1. The Kier molecular flexibility index (Phi) is 13.1. The van der Waals surface area contributed by atoms with Crippen molar-refractivity contribution in [3.05, 3.63) is 119 Å². The first-order chi connectivity index (χ1) is 25.4. The number of nitrogen functional groups attached to an aromatic ring is 1. The highest BCUT2D eigenvalue weighted by Gasteiger charge is 2.35. The number of carbonyl (C=O) groups excluding carboxylic acids is 2. The Hall–Kier alpha value is -4.58. The molecule has 0 unspecified atom stereocenters. The van der Waals surface area contributed by atoms with Gasteiger partial charge in [0.05, 0.1) is 36.8 Å². The van der Waals surface area contributed by atoms with Crippen molar-refractivity contribution in [3.8, 4) is 11.1 Å². The summed E-state index contributed by atoms with van der Waals surface area (Å²) in [6.07, 6.45) is 3.28. The van der Waals surface area contributed by atoms with Crippen LogP contribution in [0.4, 0.5) is 11.4 Å².